The third kappa shape index (κ3) is 5.82. The predicted octanol–water partition coefficient (Wildman–Crippen LogP) is 0.576. The van der Waals surface area contributed by atoms with Crippen LogP contribution in [-0.2, 0) is 0 Å². The number of piperazine rings is 1. The molecule has 0 unspecified atom stereocenters. The van der Waals surface area contributed by atoms with Gasteiger partial charge in [0.25, 0.3) is 0 Å². The lowest BCUT2D eigenvalue weighted by molar-refractivity contribution is -0.902. The smallest absolute Gasteiger partial charge is 0.0947 e. The van der Waals surface area contributed by atoms with Crippen molar-refractivity contribution in [2.24, 2.45) is 0 Å². The second-order valence-electron chi connectivity index (χ2n) is 6.94. The molecule has 7 N–H and O–H groups in total. The molecule has 0 atom stereocenters. The van der Waals surface area contributed by atoms with Gasteiger partial charge < -0.3 is 27.0 Å². The summed E-state index contributed by atoms with van der Waals surface area (Å²) < 4.78 is 0. The summed E-state index contributed by atoms with van der Waals surface area (Å²) in [7, 11) is 0. The summed E-state index contributed by atoms with van der Waals surface area (Å²) in [4.78, 5) is 4.22. The Morgan fingerprint density at radius 3 is 1.81 bits per heavy atom. The number of nitrogens with one attached hydrogen (secondary N) is 3. The van der Waals surface area contributed by atoms with Crippen molar-refractivity contribution in [3.63, 3.8) is 0 Å². The molecule has 0 spiro atoms. The van der Waals surface area contributed by atoms with E-state index in [2.05, 4.69) is 15.5 Å². The summed E-state index contributed by atoms with van der Waals surface area (Å²) in [6, 6.07) is 15.9. The first-order valence-corrected chi connectivity index (χ1v) is 9.44. The maximum atomic E-state index is 5.71. The first-order valence-electron chi connectivity index (χ1n) is 9.44. The third-order valence-corrected chi connectivity index (χ3v) is 4.95. The lowest BCUT2D eigenvalue weighted by atomic mass is 10.2. The zero-order chi connectivity index (χ0) is 18.2. The number of anilines is 4. The Hall–Kier alpha value is -2.44. The summed E-state index contributed by atoms with van der Waals surface area (Å²) in [5, 5.41) is 6.94. The molecule has 6 nitrogen and oxygen atoms in total. The van der Waals surface area contributed by atoms with Crippen LogP contribution in [0, 0.1) is 0 Å². The molecule has 0 aliphatic carbocycles. The van der Waals surface area contributed by atoms with E-state index in [1.807, 2.05) is 48.5 Å². The summed E-state index contributed by atoms with van der Waals surface area (Å²) in [5.74, 6) is 0. The zero-order valence-corrected chi connectivity index (χ0v) is 15.4. The molecular formula is C20H31N6+. The molecule has 0 amide bonds. The average molecular weight is 356 g/mol. The van der Waals surface area contributed by atoms with Crippen LogP contribution in [0.3, 0.4) is 0 Å². The SMILES string of the molecule is Nc1ccc(NCCN2CC[NH+](CCNc3ccc(N)cc3)CC2)cc1. The molecule has 1 aliphatic heterocycles. The highest BCUT2D eigenvalue weighted by atomic mass is 15.3. The fourth-order valence-corrected chi connectivity index (χ4v) is 3.29. The molecule has 1 aliphatic rings. The van der Waals surface area contributed by atoms with E-state index >= 15 is 0 Å². The van der Waals surface area contributed by atoms with Crippen molar-refractivity contribution in [2.45, 2.75) is 0 Å². The maximum Gasteiger partial charge on any atom is 0.0947 e. The van der Waals surface area contributed by atoms with E-state index in [4.69, 9.17) is 11.5 Å². The van der Waals surface area contributed by atoms with Gasteiger partial charge in [-0.2, -0.15) is 0 Å². The van der Waals surface area contributed by atoms with Gasteiger partial charge in [-0.15, -0.1) is 0 Å². The molecule has 6 heteroatoms. The van der Waals surface area contributed by atoms with E-state index in [-0.39, 0.29) is 0 Å². The van der Waals surface area contributed by atoms with Gasteiger partial charge in [-0.1, -0.05) is 0 Å². The lowest BCUT2D eigenvalue weighted by Crippen LogP contribution is -3.15. The molecule has 2 aromatic rings. The molecule has 1 saturated heterocycles. The van der Waals surface area contributed by atoms with Crippen molar-refractivity contribution in [1.29, 1.82) is 0 Å². The van der Waals surface area contributed by atoms with Crippen molar-refractivity contribution in [3.8, 4) is 0 Å². The van der Waals surface area contributed by atoms with Crippen LogP contribution in [0.1, 0.15) is 0 Å². The van der Waals surface area contributed by atoms with Crippen LogP contribution in [0.2, 0.25) is 0 Å². The van der Waals surface area contributed by atoms with E-state index in [0.29, 0.717) is 0 Å². The highest BCUT2D eigenvalue weighted by molar-refractivity contribution is 5.51. The first-order chi connectivity index (χ1) is 12.7. The summed E-state index contributed by atoms with van der Waals surface area (Å²) in [6.07, 6.45) is 0. The number of nitrogens with two attached hydrogens (primary N) is 2. The van der Waals surface area contributed by atoms with Gasteiger partial charge in [0.05, 0.1) is 26.2 Å². The van der Waals surface area contributed by atoms with Gasteiger partial charge in [0.15, 0.2) is 0 Å². The van der Waals surface area contributed by atoms with Crippen LogP contribution >= 0.6 is 0 Å². The van der Waals surface area contributed by atoms with Gasteiger partial charge in [0.2, 0.25) is 0 Å². The normalized spacial score (nSPS) is 15.7. The molecule has 0 aromatic heterocycles. The number of nitrogens with zero attached hydrogens (tertiary/aromatic N) is 1. The summed E-state index contributed by atoms with van der Waals surface area (Å²) in [5.41, 5.74) is 15.3. The quantitative estimate of drug-likeness (QED) is 0.447. The molecule has 0 saturated carbocycles. The Morgan fingerprint density at radius 2 is 1.27 bits per heavy atom. The van der Waals surface area contributed by atoms with Gasteiger partial charge >= 0.3 is 0 Å². The minimum absolute atomic E-state index is 0.806. The van der Waals surface area contributed by atoms with Crippen molar-refractivity contribution >= 4 is 22.7 Å². The van der Waals surface area contributed by atoms with E-state index in [1.54, 1.807) is 4.90 Å². The molecule has 0 bridgehead atoms. The highest BCUT2D eigenvalue weighted by Gasteiger charge is 2.18. The minimum Gasteiger partial charge on any atom is -0.399 e. The van der Waals surface area contributed by atoms with Gasteiger partial charge in [-0.25, -0.2) is 0 Å². The standard InChI is InChI=1S/C20H30N6/c21-17-1-5-19(6-2-17)23-9-11-25-13-15-26(16-14-25)12-10-24-20-7-3-18(22)4-8-20/h1-8,23-24H,9-16,21-22H2/p+1. The Balaban J connectivity index is 1.27. The zero-order valence-electron chi connectivity index (χ0n) is 15.4. The Labute approximate surface area is 156 Å². The number of nitrogen functional groups attached to an aromatic ring is 2. The molecule has 1 heterocycles. The van der Waals surface area contributed by atoms with Crippen molar-refractivity contribution in [2.75, 3.05) is 74.5 Å². The largest absolute Gasteiger partial charge is 0.399 e. The minimum atomic E-state index is 0.806. The van der Waals surface area contributed by atoms with Crippen LogP contribution in [-0.4, -0.2) is 57.3 Å². The Bertz CT molecular complexity index is 588. The topological polar surface area (TPSA) is 83.8 Å². The number of hydrogen-bond donors (Lipinski definition) is 5. The fourth-order valence-electron chi connectivity index (χ4n) is 3.29. The van der Waals surface area contributed by atoms with Crippen LogP contribution in [0.15, 0.2) is 48.5 Å². The van der Waals surface area contributed by atoms with E-state index in [1.165, 1.54) is 26.2 Å². The molecular weight excluding hydrogens is 324 g/mol. The number of benzene rings is 2. The van der Waals surface area contributed by atoms with Gasteiger partial charge in [0, 0.05) is 48.9 Å². The third-order valence-electron chi connectivity index (χ3n) is 4.95. The van der Waals surface area contributed by atoms with E-state index < -0.39 is 0 Å². The van der Waals surface area contributed by atoms with E-state index in [0.717, 1.165) is 48.9 Å². The Kier molecular flexibility index (Phi) is 6.57. The van der Waals surface area contributed by atoms with Gasteiger partial charge in [-0.3, -0.25) is 4.90 Å². The number of rotatable bonds is 8. The molecule has 1 fully saturated rings. The van der Waals surface area contributed by atoms with E-state index in [9.17, 15) is 0 Å². The lowest BCUT2D eigenvalue weighted by Gasteiger charge is -2.32. The number of hydrogen-bond acceptors (Lipinski definition) is 5. The first kappa shape index (κ1) is 18.4. The van der Waals surface area contributed by atoms with Crippen LogP contribution in [0.5, 0.6) is 0 Å². The second kappa shape index (κ2) is 9.31. The maximum absolute atomic E-state index is 5.71. The summed E-state index contributed by atoms with van der Waals surface area (Å²) >= 11 is 0. The van der Waals surface area contributed by atoms with Crippen molar-refractivity contribution < 1.29 is 4.90 Å². The monoisotopic (exact) mass is 355 g/mol. The Morgan fingerprint density at radius 1 is 0.769 bits per heavy atom. The molecule has 26 heavy (non-hydrogen) atoms. The van der Waals surface area contributed by atoms with Crippen molar-refractivity contribution in [1.82, 2.24) is 4.90 Å². The predicted molar refractivity (Wildman–Crippen MR) is 111 cm³/mol. The van der Waals surface area contributed by atoms with Crippen LogP contribution < -0.4 is 27.0 Å². The molecule has 2 aromatic carbocycles. The average Bonchev–Trinajstić information content (AvgIpc) is 2.66. The molecule has 140 valence electrons. The van der Waals surface area contributed by atoms with Crippen LogP contribution in [0.4, 0.5) is 22.7 Å². The molecule has 3 rings (SSSR count). The van der Waals surface area contributed by atoms with Crippen LogP contribution in [0.25, 0.3) is 0 Å². The van der Waals surface area contributed by atoms with Crippen molar-refractivity contribution in [3.05, 3.63) is 48.5 Å². The highest BCUT2D eigenvalue weighted by Crippen LogP contribution is 2.10. The summed E-state index contributed by atoms with van der Waals surface area (Å²) in [6.45, 7) is 8.97. The fraction of sp³-hybridized carbons (Fsp3) is 0.400. The number of quaternary nitrogens is 1. The van der Waals surface area contributed by atoms with Gasteiger partial charge in [-0.05, 0) is 48.5 Å². The second-order valence-corrected chi connectivity index (χ2v) is 6.94. The van der Waals surface area contributed by atoms with Gasteiger partial charge in [0.1, 0.15) is 0 Å². The molecule has 0 radical (unpaired) electrons.